The number of hydrogen-bond donors (Lipinski definition) is 0. The zero-order valence-corrected chi connectivity index (χ0v) is 18.5. The van der Waals surface area contributed by atoms with E-state index in [1.807, 2.05) is 0 Å². The molecule has 0 aliphatic carbocycles. The van der Waals surface area contributed by atoms with Gasteiger partial charge in [-0.15, -0.1) is 0 Å². The summed E-state index contributed by atoms with van der Waals surface area (Å²) in [5, 5.41) is -0.184. The van der Waals surface area contributed by atoms with Gasteiger partial charge in [0.25, 0.3) is 11.1 Å². The molecule has 2 aromatic rings. The molecule has 0 unspecified atom stereocenters. The van der Waals surface area contributed by atoms with Gasteiger partial charge in [0.2, 0.25) is 0 Å². The van der Waals surface area contributed by atoms with Crippen molar-refractivity contribution in [2.45, 2.75) is 13.8 Å². The molecule has 0 radical (unpaired) electrons. The highest BCUT2D eigenvalue weighted by molar-refractivity contribution is 8.19. The van der Waals surface area contributed by atoms with Crippen LogP contribution >= 0.6 is 23.4 Å². The topological polar surface area (TPSA) is 82.1 Å². The van der Waals surface area contributed by atoms with Crippen LogP contribution in [0.25, 0.3) is 6.08 Å². The smallest absolute Gasteiger partial charge is 0.344 e. The fourth-order valence-electron chi connectivity index (χ4n) is 2.83. The number of carbonyl (C=O) groups is 3. The van der Waals surface area contributed by atoms with Crippen molar-refractivity contribution in [1.29, 1.82) is 0 Å². The third-order valence-corrected chi connectivity index (χ3v) is 5.23. The van der Waals surface area contributed by atoms with Crippen LogP contribution in [0, 0.1) is 0 Å². The van der Waals surface area contributed by atoms with Crippen LogP contribution in [0.3, 0.4) is 0 Å². The first kappa shape index (κ1) is 22.7. The molecule has 0 aromatic heterocycles. The number of para-hydroxylation sites is 1. The van der Waals surface area contributed by atoms with Gasteiger partial charge in [0.15, 0.2) is 18.1 Å². The van der Waals surface area contributed by atoms with Crippen molar-refractivity contribution in [3.05, 3.63) is 58.0 Å². The molecule has 1 saturated heterocycles. The van der Waals surface area contributed by atoms with Crippen LogP contribution in [-0.4, -0.2) is 36.9 Å². The van der Waals surface area contributed by atoms with Gasteiger partial charge in [-0.3, -0.25) is 9.59 Å². The van der Waals surface area contributed by atoms with E-state index in [0.29, 0.717) is 23.6 Å². The molecule has 1 aliphatic heterocycles. The average molecular weight is 462 g/mol. The minimum atomic E-state index is -0.528. The van der Waals surface area contributed by atoms with Crippen LogP contribution in [0.1, 0.15) is 19.4 Å². The van der Waals surface area contributed by atoms with E-state index in [2.05, 4.69) is 0 Å². The van der Waals surface area contributed by atoms with Gasteiger partial charge >= 0.3 is 5.97 Å². The minimum Gasteiger partial charge on any atom is -0.490 e. The number of nitrogens with zero attached hydrogens (tertiary/aromatic N) is 1. The second-order valence-electron chi connectivity index (χ2n) is 6.21. The maximum Gasteiger partial charge on any atom is 0.344 e. The van der Waals surface area contributed by atoms with Crippen molar-refractivity contribution >= 4 is 52.2 Å². The van der Waals surface area contributed by atoms with Crippen LogP contribution in [-0.2, 0) is 14.3 Å². The number of thioether (sulfide) groups is 1. The molecule has 1 aliphatic rings. The minimum absolute atomic E-state index is 0.198. The van der Waals surface area contributed by atoms with Gasteiger partial charge in [0.05, 0.1) is 28.8 Å². The van der Waals surface area contributed by atoms with Crippen LogP contribution in [0.5, 0.6) is 11.5 Å². The monoisotopic (exact) mass is 461 g/mol. The molecule has 162 valence electrons. The van der Waals surface area contributed by atoms with E-state index >= 15 is 0 Å². The molecule has 0 spiro atoms. The first-order valence-electron chi connectivity index (χ1n) is 9.52. The van der Waals surface area contributed by atoms with Gasteiger partial charge in [0.1, 0.15) is 0 Å². The van der Waals surface area contributed by atoms with E-state index in [0.717, 1.165) is 16.7 Å². The Morgan fingerprint density at radius 1 is 1.10 bits per heavy atom. The zero-order valence-electron chi connectivity index (χ0n) is 16.9. The molecule has 3 rings (SSSR count). The number of benzene rings is 2. The summed E-state index contributed by atoms with van der Waals surface area (Å²) in [6.45, 7) is 3.75. The molecule has 0 bridgehead atoms. The lowest BCUT2D eigenvalue weighted by molar-refractivity contribution is -0.145. The van der Waals surface area contributed by atoms with Crippen molar-refractivity contribution < 1.29 is 28.6 Å². The van der Waals surface area contributed by atoms with Crippen LogP contribution in [0.4, 0.5) is 10.5 Å². The number of ether oxygens (including phenoxy) is 3. The van der Waals surface area contributed by atoms with E-state index in [1.165, 1.54) is 0 Å². The molecule has 2 aromatic carbocycles. The Balaban J connectivity index is 1.87. The molecular weight excluding hydrogens is 442 g/mol. The highest BCUT2D eigenvalue weighted by Gasteiger charge is 2.36. The number of halogens is 1. The van der Waals surface area contributed by atoms with E-state index in [4.69, 9.17) is 25.8 Å². The van der Waals surface area contributed by atoms with Gasteiger partial charge in [0, 0.05) is 0 Å². The van der Waals surface area contributed by atoms with Gasteiger partial charge in [-0.25, -0.2) is 9.69 Å². The summed E-state index contributed by atoms with van der Waals surface area (Å²) < 4.78 is 15.9. The fourth-order valence-corrected chi connectivity index (χ4v) is 3.94. The van der Waals surface area contributed by atoms with Crippen molar-refractivity contribution in [3.63, 3.8) is 0 Å². The van der Waals surface area contributed by atoms with Gasteiger partial charge in [-0.05, 0) is 61.5 Å². The number of carbonyl (C=O) groups excluding carboxylic acids is 3. The zero-order chi connectivity index (χ0) is 22.4. The van der Waals surface area contributed by atoms with E-state index in [1.54, 1.807) is 62.4 Å². The molecule has 1 heterocycles. The molecule has 31 heavy (non-hydrogen) atoms. The largest absolute Gasteiger partial charge is 0.490 e. The Morgan fingerprint density at radius 3 is 2.52 bits per heavy atom. The van der Waals surface area contributed by atoms with Crippen LogP contribution < -0.4 is 14.4 Å². The van der Waals surface area contributed by atoms with Crippen LogP contribution in [0.2, 0.25) is 5.02 Å². The van der Waals surface area contributed by atoms with E-state index in [9.17, 15) is 14.4 Å². The fraction of sp³-hybridized carbons (Fsp3) is 0.227. The van der Waals surface area contributed by atoms with Crippen molar-refractivity contribution in [1.82, 2.24) is 0 Å². The number of esters is 1. The highest BCUT2D eigenvalue weighted by Crippen LogP contribution is 2.40. The van der Waals surface area contributed by atoms with Gasteiger partial charge in [-0.1, -0.05) is 29.8 Å². The third-order valence-electron chi connectivity index (χ3n) is 4.08. The lowest BCUT2D eigenvalue weighted by atomic mass is 10.1. The predicted molar refractivity (Wildman–Crippen MR) is 120 cm³/mol. The number of hydrogen-bond acceptors (Lipinski definition) is 7. The first-order chi connectivity index (χ1) is 14.9. The Labute approximate surface area is 188 Å². The lowest BCUT2D eigenvalue weighted by Crippen LogP contribution is -2.27. The highest BCUT2D eigenvalue weighted by atomic mass is 35.5. The van der Waals surface area contributed by atoms with Crippen LogP contribution in [0.15, 0.2) is 47.4 Å². The molecule has 7 nitrogen and oxygen atoms in total. The van der Waals surface area contributed by atoms with Crippen molar-refractivity contribution in [2.24, 2.45) is 0 Å². The quantitative estimate of drug-likeness (QED) is 0.407. The number of amides is 2. The van der Waals surface area contributed by atoms with E-state index in [-0.39, 0.29) is 34.1 Å². The second-order valence-corrected chi connectivity index (χ2v) is 7.61. The Kier molecular flexibility index (Phi) is 7.59. The number of rotatable bonds is 8. The Bertz CT molecular complexity index is 1020. The summed E-state index contributed by atoms with van der Waals surface area (Å²) in [6, 6.07) is 11.9. The van der Waals surface area contributed by atoms with Gasteiger partial charge in [-0.2, -0.15) is 0 Å². The SMILES string of the molecule is CCOC(=O)COc1c(Cl)cc(/C=C2\SC(=O)N(c3ccccc3)C2=O)cc1OCC. The number of imide groups is 1. The first-order valence-corrected chi connectivity index (χ1v) is 10.7. The van der Waals surface area contributed by atoms with E-state index < -0.39 is 11.9 Å². The average Bonchev–Trinajstić information content (AvgIpc) is 3.01. The summed E-state index contributed by atoms with van der Waals surface area (Å²) in [5.74, 6) is -0.434. The normalized spacial score (nSPS) is 14.8. The van der Waals surface area contributed by atoms with Crippen molar-refractivity contribution in [3.8, 4) is 11.5 Å². The summed E-state index contributed by atoms with van der Waals surface area (Å²) in [7, 11) is 0. The standard InChI is InChI=1S/C22H20ClNO6S/c1-3-28-17-11-14(10-16(23)20(17)30-13-19(25)29-4-2)12-18-21(26)24(22(27)31-18)15-8-6-5-7-9-15/h5-12H,3-4,13H2,1-2H3/b18-12-. The third kappa shape index (κ3) is 5.39. The second kappa shape index (κ2) is 10.4. The summed E-state index contributed by atoms with van der Waals surface area (Å²) in [4.78, 5) is 38.2. The summed E-state index contributed by atoms with van der Waals surface area (Å²) >= 11 is 7.19. The maximum absolute atomic E-state index is 12.8. The van der Waals surface area contributed by atoms with Gasteiger partial charge < -0.3 is 14.2 Å². The molecule has 0 atom stereocenters. The molecule has 9 heteroatoms. The molecular formula is C22H20ClNO6S. The van der Waals surface area contributed by atoms with Crippen molar-refractivity contribution in [2.75, 3.05) is 24.7 Å². The molecule has 1 fully saturated rings. The predicted octanol–water partition coefficient (Wildman–Crippen LogP) is 4.92. The Morgan fingerprint density at radius 2 is 1.84 bits per heavy atom. The molecule has 0 saturated carbocycles. The Hall–Kier alpha value is -2.97. The lowest BCUT2D eigenvalue weighted by Gasteiger charge is -2.14. The summed E-state index contributed by atoms with van der Waals surface area (Å²) in [6.07, 6.45) is 1.57. The number of anilines is 1. The maximum atomic E-state index is 12.8. The molecule has 2 amide bonds. The summed E-state index contributed by atoms with van der Waals surface area (Å²) in [5.41, 5.74) is 1.06. The molecule has 0 N–H and O–H groups in total.